The molecule has 662 valence electrons. The lowest BCUT2D eigenvalue weighted by molar-refractivity contribution is -0.133. The molecule has 5 heterocycles. The van der Waals surface area contributed by atoms with Crippen molar-refractivity contribution in [2.75, 3.05) is 0 Å². The first kappa shape index (κ1) is 93.7. The van der Waals surface area contributed by atoms with E-state index in [9.17, 15) is 28.8 Å². The number of nitrogens with zero attached hydrogens (tertiary/aromatic N) is 6. The van der Waals surface area contributed by atoms with E-state index in [0.717, 1.165) is 80.6 Å². The minimum atomic E-state index is -0.641. The second-order valence-corrected chi connectivity index (χ2v) is 36.9. The number of carbonyl (C=O) groups is 6. The van der Waals surface area contributed by atoms with E-state index in [4.69, 9.17) is 80.3 Å². The highest BCUT2D eigenvalue weighted by Crippen LogP contribution is 2.36. The first-order chi connectivity index (χ1) is 63.3. The Bertz CT molecular complexity index is 6440. The Kier molecular flexibility index (Phi) is 30.7. The van der Waals surface area contributed by atoms with Crippen molar-refractivity contribution in [1.29, 1.82) is 5.26 Å². The monoisotopic (exact) mass is 1940 g/mol. The summed E-state index contributed by atoms with van der Waals surface area (Å²) in [6, 6.07) is 96.0. The molecule has 10 N–H and O–H groups in total. The lowest BCUT2D eigenvalue weighted by atomic mass is 9.98. The van der Waals surface area contributed by atoms with E-state index in [-0.39, 0.29) is 35.3 Å². The molecular formula is C108H97Br2Cl4N11O6. The number of carbonyl (C=O) groups excluding carboxylic acids is 6. The zero-order chi connectivity index (χ0) is 92.1. The van der Waals surface area contributed by atoms with E-state index in [1.54, 1.807) is 47.1 Å². The number of nitriles is 1. The molecule has 131 heavy (non-hydrogen) atoms. The van der Waals surface area contributed by atoms with Crippen LogP contribution in [-0.4, -0.2) is 90.0 Å². The molecule has 23 heteroatoms. The van der Waals surface area contributed by atoms with Crippen molar-refractivity contribution >= 4 is 135 Å². The summed E-state index contributed by atoms with van der Waals surface area (Å²) in [5, 5.41) is 15.8. The minimum absolute atomic E-state index is 0.0169. The molecule has 0 spiro atoms. The van der Waals surface area contributed by atoms with Gasteiger partial charge in [-0.25, -0.2) is 0 Å². The number of hydrogen-bond acceptors (Lipinski definition) is 12. The number of fused-ring (bicyclic) bond motifs is 7. The molecule has 5 unspecified atom stereocenters. The predicted molar refractivity (Wildman–Crippen MR) is 530 cm³/mol. The van der Waals surface area contributed by atoms with Gasteiger partial charge in [0.15, 0.2) is 5.78 Å². The van der Waals surface area contributed by atoms with Crippen LogP contribution in [0.5, 0.6) is 0 Å². The molecule has 14 aromatic rings. The first-order valence-corrected chi connectivity index (χ1v) is 46.4. The summed E-state index contributed by atoms with van der Waals surface area (Å²) in [6.45, 7) is 7.87. The fraction of sp³-hybridized carbons (Fsp3) is 0.194. The first-order valence-electron chi connectivity index (χ1n) is 43.3. The van der Waals surface area contributed by atoms with Gasteiger partial charge >= 0.3 is 0 Å². The Labute approximate surface area is 799 Å². The molecule has 0 saturated heterocycles. The topological polar surface area (TPSA) is 273 Å². The number of rotatable bonds is 18. The highest BCUT2D eigenvalue weighted by molar-refractivity contribution is 9.11. The number of hydrogen-bond donors (Lipinski definition) is 5. The van der Waals surface area contributed by atoms with E-state index in [1.165, 1.54) is 55.6 Å². The third kappa shape index (κ3) is 22.8. The van der Waals surface area contributed by atoms with Crippen molar-refractivity contribution in [2.45, 2.75) is 135 Å². The van der Waals surface area contributed by atoms with Crippen LogP contribution in [0.15, 0.2) is 306 Å². The van der Waals surface area contributed by atoms with E-state index in [1.807, 2.05) is 209 Å². The standard InChI is InChI=1S/C25H23ClN2O2.C24H20ClN3O.2C21H19BrN2O.C17H16Cl2N2O/c1-16(29)17-6-8-18(9-7-17)19-10-11-20(23(26)12-19)13-24(27)25(30)28-14-21-4-2-3-5-22(21)15-28;25-22-12-18(9-10-19(22)13-26)17-7-5-16(6-8-17)11-23(27)24(29)28-14-20-3-1-2-4-21(20)15-28;22-19-10-4-8-17-14(7-3-9-18(17)19)11-20(23)21(25)24-12-15-5-1-2-6-16(15)13-24;22-19-10-9-14(17-7-3-4-8-18(17)19)11-20(23)21(25)24-12-15-5-1-2-6-16(15)13-24;18-14-5-6-15(19)13(7-14)8-16(20)17(22)21-9-11-3-1-2-4-12(11)10-21/h2-12,24H,13-15,27H2,1H3;1-10,12,23H,11,14-15,27H2;2*1-10,20H,11-13,23H2;1-7,16H,8-10,20H2. The second kappa shape index (κ2) is 42.9. The van der Waals surface area contributed by atoms with Crippen molar-refractivity contribution in [3.63, 3.8) is 0 Å². The molecule has 0 aromatic heterocycles. The number of benzene rings is 14. The van der Waals surface area contributed by atoms with Gasteiger partial charge < -0.3 is 53.2 Å². The predicted octanol–water partition coefficient (Wildman–Crippen LogP) is 20.3. The van der Waals surface area contributed by atoms with Crippen LogP contribution in [0, 0.1) is 11.3 Å². The fourth-order valence-corrected chi connectivity index (χ4v) is 19.2. The maximum absolute atomic E-state index is 12.8. The normalized spacial score (nSPS) is 14.2. The maximum Gasteiger partial charge on any atom is 0.240 e. The molecule has 0 fully saturated rings. The van der Waals surface area contributed by atoms with Crippen LogP contribution in [0.25, 0.3) is 43.8 Å². The van der Waals surface area contributed by atoms with E-state index in [0.29, 0.717) is 129 Å². The van der Waals surface area contributed by atoms with Gasteiger partial charge in [-0.15, -0.1) is 0 Å². The van der Waals surface area contributed by atoms with E-state index in [2.05, 4.69) is 111 Å². The Morgan fingerprint density at radius 3 is 1.00 bits per heavy atom. The molecule has 5 amide bonds. The number of halogens is 6. The molecule has 0 saturated carbocycles. The van der Waals surface area contributed by atoms with Crippen LogP contribution in [0.4, 0.5) is 0 Å². The van der Waals surface area contributed by atoms with Gasteiger partial charge in [0.25, 0.3) is 0 Å². The highest BCUT2D eigenvalue weighted by atomic mass is 79.9. The minimum Gasteiger partial charge on any atom is -0.333 e. The molecule has 14 aromatic carbocycles. The Morgan fingerprint density at radius 2 is 0.611 bits per heavy atom. The average molecular weight is 1950 g/mol. The van der Waals surface area contributed by atoms with Crippen molar-refractivity contribution in [2.24, 2.45) is 28.7 Å². The molecule has 5 aliphatic rings. The van der Waals surface area contributed by atoms with Gasteiger partial charge in [-0.2, -0.15) is 5.26 Å². The van der Waals surface area contributed by atoms with Gasteiger partial charge in [-0.05, 0) is 215 Å². The number of ketones is 1. The third-order valence-electron chi connectivity index (χ3n) is 24.5. The Hall–Kier alpha value is -12.0. The lowest BCUT2D eigenvalue weighted by Gasteiger charge is -2.21. The zero-order valence-electron chi connectivity index (χ0n) is 72.1. The third-order valence-corrected chi connectivity index (χ3v) is 27.2. The van der Waals surface area contributed by atoms with Gasteiger partial charge in [0.2, 0.25) is 29.5 Å². The average Bonchev–Trinajstić information content (AvgIpc) is 1.07. The SMILES string of the molecule is CC(=O)c1ccc(-c2ccc(CC(N)C(=O)N3Cc4ccccc4C3)c(Cl)c2)cc1.N#Cc1ccc(-c2ccc(CC(N)C(=O)N3Cc4ccccc4C3)cc2)cc1Cl.NC(Cc1cc(Cl)ccc1Cl)C(=O)N1Cc2ccccc2C1.NC(Cc1ccc(Br)c2ccccc12)C(=O)N1Cc2ccccc2C1.NC(Cc1cccc2c(Br)cccc12)C(=O)N1Cc2ccccc2C1. The number of nitrogens with two attached hydrogens (primary N) is 5. The maximum atomic E-state index is 12.8. The molecule has 17 nitrogen and oxygen atoms in total. The Balaban J connectivity index is 0.000000126. The molecule has 19 rings (SSSR count). The number of amides is 5. The summed E-state index contributed by atoms with van der Waals surface area (Å²) >= 11 is 31.9. The largest absolute Gasteiger partial charge is 0.333 e. The number of Topliss-reactive ketones (excluding diaryl/α,β-unsaturated/α-hetero) is 1. The molecule has 5 aliphatic heterocycles. The van der Waals surface area contributed by atoms with Gasteiger partial charge in [-0.3, -0.25) is 28.8 Å². The van der Waals surface area contributed by atoms with Crippen molar-refractivity contribution in [3.8, 4) is 28.3 Å². The summed E-state index contributed by atoms with van der Waals surface area (Å²) in [4.78, 5) is 84.3. The van der Waals surface area contributed by atoms with Crippen LogP contribution in [0.2, 0.25) is 20.1 Å². The van der Waals surface area contributed by atoms with Gasteiger partial charge in [-0.1, -0.05) is 327 Å². The van der Waals surface area contributed by atoms with E-state index >= 15 is 0 Å². The molecule has 0 bridgehead atoms. The van der Waals surface area contributed by atoms with Gasteiger partial charge in [0, 0.05) is 95.0 Å². The summed E-state index contributed by atoms with van der Waals surface area (Å²) < 4.78 is 2.11. The van der Waals surface area contributed by atoms with Crippen molar-refractivity contribution < 1.29 is 28.8 Å². The van der Waals surface area contributed by atoms with Crippen LogP contribution >= 0.6 is 78.3 Å². The van der Waals surface area contributed by atoms with Crippen LogP contribution in [-0.2, 0) is 122 Å². The molecule has 5 atom stereocenters. The fourth-order valence-electron chi connectivity index (χ4n) is 17.4. The lowest BCUT2D eigenvalue weighted by Crippen LogP contribution is -2.42. The smallest absolute Gasteiger partial charge is 0.240 e. The van der Waals surface area contributed by atoms with Crippen LogP contribution in [0.1, 0.15) is 106 Å². The highest BCUT2D eigenvalue weighted by Gasteiger charge is 2.34. The molecule has 0 radical (unpaired) electrons. The van der Waals surface area contributed by atoms with Gasteiger partial charge in [0.05, 0.1) is 40.8 Å². The van der Waals surface area contributed by atoms with Gasteiger partial charge in [0.1, 0.15) is 6.07 Å². The van der Waals surface area contributed by atoms with Crippen molar-refractivity contribution in [1.82, 2.24) is 24.5 Å². The van der Waals surface area contributed by atoms with Crippen LogP contribution in [0.3, 0.4) is 0 Å². The molecular weight excluding hydrogens is 1850 g/mol. The second-order valence-electron chi connectivity index (χ2n) is 33.6. The van der Waals surface area contributed by atoms with E-state index < -0.39 is 30.2 Å². The summed E-state index contributed by atoms with van der Waals surface area (Å²) in [5.41, 5.74) is 53.0. The molecule has 0 aliphatic carbocycles. The summed E-state index contributed by atoms with van der Waals surface area (Å²) in [6.07, 6.45) is 2.33. The summed E-state index contributed by atoms with van der Waals surface area (Å²) in [7, 11) is 0. The summed E-state index contributed by atoms with van der Waals surface area (Å²) in [5.74, 6) is -0.0800. The van der Waals surface area contributed by atoms with Crippen molar-refractivity contribution in [3.05, 3.63) is 421 Å². The Morgan fingerprint density at radius 1 is 0.305 bits per heavy atom. The van der Waals surface area contributed by atoms with Crippen LogP contribution < -0.4 is 28.7 Å². The quantitative estimate of drug-likeness (QED) is 0.0502. The zero-order valence-corrected chi connectivity index (χ0v) is 78.3.